The summed E-state index contributed by atoms with van der Waals surface area (Å²) in [4.78, 5) is 0.540. The number of hydrogen-bond donors (Lipinski definition) is 4. The van der Waals surface area contributed by atoms with Gasteiger partial charge in [0.1, 0.15) is 23.4 Å². The minimum Gasteiger partial charge on any atom is -0.406 e. The van der Waals surface area contributed by atoms with E-state index in [1.54, 1.807) is 0 Å². The lowest BCUT2D eigenvalue weighted by Gasteiger charge is -2.38. The lowest BCUT2D eigenvalue weighted by Crippen LogP contribution is -2.53. The van der Waals surface area contributed by atoms with Crippen molar-refractivity contribution in [3.8, 4) is 5.75 Å². The number of hydrogen-bond acceptors (Lipinski definition) is 7. The van der Waals surface area contributed by atoms with Crippen LogP contribution < -0.4 is 15.8 Å². The molecule has 13 heteroatoms. The van der Waals surface area contributed by atoms with E-state index in [1.807, 2.05) is 0 Å². The summed E-state index contributed by atoms with van der Waals surface area (Å²) < 4.78 is 86.4. The summed E-state index contributed by atoms with van der Waals surface area (Å²) in [5.41, 5.74) is 4.92. The van der Waals surface area contributed by atoms with Crippen molar-refractivity contribution < 1.29 is 46.0 Å². The molecule has 1 aliphatic rings. The highest BCUT2D eigenvalue weighted by Gasteiger charge is 2.37. The van der Waals surface area contributed by atoms with E-state index in [9.17, 15) is 36.6 Å². The van der Waals surface area contributed by atoms with Gasteiger partial charge in [-0.1, -0.05) is 11.8 Å². The summed E-state index contributed by atoms with van der Waals surface area (Å²) in [6.45, 7) is -0.525. The number of rotatable bonds is 7. The Balaban J connectivity index is 1.69. The molecule has 1 aliphatic heterocycles. The number of halogens is 6. The molecule has 34 heavy (non-hydrogen) atoms. The van der Waals surface area contributed by atoms with Crippen molar-refractivity contribution in [2.24, 2.45) is 5.73 Å². The first-order valence-corrected chi connectivity index (χ1v) is 10.7. The van der Waals surface area contributed by atoms with Crippen molar-refractivity contribution in [1.82, 2.24) is 5.32 Å². The number of benzene rings is 2. The molecule has 0 aromatic heterocycles. The molecule has 1 heterocycles. The van der Waals surface area contributed by atoms with Crippen molar-refractivity contribution in [2.45, 2.75) is 41.4 Å². The summed E-state index contributed by atoms with van der Waals surface area (Å²) in [5.74, 6) is -4.85. The van der Waals surface area contributed by atoms with Gasteiger partial charge >= 0.3 is 6.36 Å². The predicted molar refractivity (Wildman–Crippen MR) is 111 cm³/mol. The zero-order valence-corrected chi connectivity index (χ0v) is 18.0. The number of alkyl halides is 3. The van der Waals surface area contributed by atoms with Crippen LogP contribution in [0.5, 0.6) is 5.75 Å². The SMILES string of the molecule is N/C(=C\NC1CC(Sc2ccc(OC(F)(F)F)cc2)OC(CO)C1O)c1cc(F)c(F)c(F)c1. The van der Waals surface area contributed by atoms with Crippen molar-refractivity contribution in [3.05, 3.63) is 65.6 Å². The molecule has 2 aromatic rings. The zero-order chi connectivity index (χ0) is 25.0. The number of nitrogens with one attached hydrogen (secondary N) is 1. The number of aliphatic hydroxyl groups excluding tert-OH is 2. The van der Waals surface area contributed by atoms with Crippen molar-refractivity contribution in [3.63, 3.8) is 0 Å². The van der Waals surface area contributed by atoms with Gasteiger partial charge in [0.15, 0.2) is 17.5 Å². The summed E-state index contributed by atoms with van der Waals surface area (Å²) in [6.07, 6.45) is -5.64. The van der Waals surface area contributed by atoms with Gasteiger partial charge in [-0.3, -0.25) is 0 Å². The smallest absolute Gasteiger partial charge is 0.406 e. The molecule has 6 nitrogen and oxygen atoms in total. The maximum atomic E-state index is 13.4. The Morgan fingerprint density at radius 3 is 2.35 bits per heavy atom. The average Bonchev–Trinajstić information content (AvgIpc) is 2.77. The van der Waals surface area contributed by atoms with Crippen molar-refractivity contribution >= 4 is 17.5 Å². The van der Waals surface area contributed by atoms with Gasteiger partial charge in [-0.15, -0.1) is 13.2 Å². The highest BCUT2D eigenvalue weighted by Crippen LogP contribution is 2.34. The molecule has 1 saturated heterocycles. The minimum atomic E-state index is -4.81. The van der Waals surface area contributed by atoms with Gasteiger partial charge in [-0.2, -0.15) is 0 Å². The Kier molecular flexibility index (Phi) is 8.23. The summed E-state index contributed by atoms with van der Waals surface area (Å²) in [7, 11) is 0. The Labute approximate surface area is 194 Å². The molecule has 4 unspecified atom stereocenters. The van der Waals surface area contributed by atoms with Crippen LogP contribution in [0.3, 0.4) is 0 Å². The number of aliphatic hydroxyl groups is 2. The second-order valence-electron chi connectivity index (χ2n) is 7.28. The van der Waals surface area contributed by atoms with Crippen LogP contribution in [0.2, 0.25) is 0 Å². The molecule has 186 valence electrons. The fourth-order valence-corrected chi connectivity index (χ4v) is 4.30. The third-order valence-electron chi connectivity index (χ3n) is 4.84. The normalized spacial score (nSPS) is 23.6. The molecule has 0 bridgehead atoms. The second kappa shape index (κ2) is 10.8. The molecule has 0 spiro atoms. The number of nitrogens with two attached hydrogens (primary N) is 1. The van der Waals surface area contributed by atoms with Crippen LogP contribution in [0.15, 0.2) is 47.5 Å². The Morgan fingerprint density at radius 2 is 1.79 bits per heavy atom. The standard InChI is InChI=1S/C21H20F6N2O4S/c22-13-5-10(6-14(23)19(13)24)15(28)8-29-16-7-18(32-17(9-30)20(16)31)34-12-3-1-11(2-4-12)33-21(25,26)27/h1-6,8,16-18,20,29-31H,7,9,28H2/b15-8-. The Bertz CT molecular complexity index is 998. The molecule has 0 saturated carbocycles. The van der Waals surface area contributed by atoms with Crippen LogP contribution in [0.4, 0.5) is 26.3 Å². The molecule has 0 amide bonds. The van der Waals surface area contributed by atoms with Gasteiger partial charge in [-0.25, -0.2) is 13.2 Å². The van der Waals surface area contributed by atoms with Gasteiger partial charge in [0.2, 0.25) is 0 Å². The Morgan fingerprint density at radius 1 is 1.18 bits per heavy atom. The fourth-order valence-electron chi connectivity index (χ4n) is 3.20. The lowest BCUT2D eigenvalue weighted by atomic mass is 10.00. The van der Waals surface area contributed by atoms with Gasteiger partial charge in [0, 0.05) is 23.1 Å². The minimum absolute atomic E-state index is 0.128. The van der Waals surface area contributed by atoms with Gasteiger partial charge in [0.25, 0.3) is 0 Å². The van der Waals surface area contributed by atoms with Crippen LogP contribution in [0.25, 0.3) is 5.70 Å². The largest absolute Gasteiger partial charge is 0.573 e. The van der Waals surface area contributed by atoms with E-state index in [1.165, 1.54) is 18.3 Å². The Hall–Kier alpha value is -2.61. The van der Waals surface area contributed by atoms with Gasteiger partial charge < -0.3 is 30.7 Å². The fraction of sp³-hybridized carbons (Fsp3) is 0.333. The van der Waals surface area contributed by atoms with Crippen LogP contribution >= 0.6 is 11.8 Å². The van der Waals surface area contributed by atoms with Crippen LogP contribution in [0.1, 0.15) is 12.0 Å². The molecule has 4 atom stereocenters. The lowest BCUT2D eigenvalue weighted by molar-refractivity contribution is -0.274. The summed E-state index contributed by atoms with van der Waals surface area (Å²) >= 11 is 1.14. The van der Waals surface area contributed by atoms with E-state index in [0.717, 1.165) is 23.9 Å². The molecule has 1 fully saturated rings. The number of ether oxygens (including phenoxy) is 2. The molecular weight excluding hydrogens is 490 g/mol. The highest BCUT2D eigenvalue weighted by molar-refractivity contribution is 7.99. The summed E-state index contributed by atoms with van der Waals surface area (Å²) in [6, 6.07) is 5.78. The molecule has 5 N–H and O–H groups in total. The first-order valence-electron chi connectivity index (χ1n) is 9.80. The predicted octanol–water partition coefficient (Wildman–Crippen LogP) is 3.48. The van der Waals surface area contributed by atoms with Crippen LogP contribution in [-0.4, -0.2) is 46.9 Å². The third-order valence-corrected chi connectivity index (χ3v) is 5.95. The van der Waals surface area contributed by atoms with E-state index >= 15 is 0 Å². The van der Waals surface area contributed by atoms with Crippen LogP contribution in [-0.2, 0) is 4.74 Å². The van der Waals surface area contributed by atoms with E-state index in [0.29, 0.717) is 17.0 Å². The summed E-state index contributed by atoms with van der Waals surface area (Å²) in [5, 5.41) is 22.8. The van der Waals surface area contributed by atoms with E-state index in [-0.39, 0.29) is 23.4 Å². The zero-order valence-electron chi connectivity index (χ0n) is 17.2. The monoisotopic (exact) mass is 510 g/mol. The van der Waals surface area contributed by atoms with E-state index < -0.39 is 54.1 Å². The van der Waals surface area contributed by atoms with E-state index in [2.05, 4.69) is 10.1 Å². The van der Waals surface area contributed by atoms with Crippen molar-refractivity contribution in [2.75, 3.05) is 6.61 Å². The third kappa shape index (κ3) is 6.72. The second-order valence-corrected chi connectivity index (χ2v) is 8.51. The topological polar surface area (TPSA) is 97.0 Å². The molecule has 0 aliphatic carbocycles. The van der Waals surface area contributed by atoms with Crippen LogP contribution in [0, 0.1) is 17.5 Å². The maximum Gasteiger partial charge on any atom is 0.573 e. The molecule has 3 rings (SSSR count). The number of thioether (sulfide) groups is 1. The van der Waals surface area contributed by atoms with Crippen molar-refractivity contribution in [1.29, 1.82) is 0 Å². The molecular formula is C21H20F6N2O4S. The average molecular weight is 510 g/mol. The van der Waals surface area contributed by atoms with Gasteiger partial charge in [0.05, 0.1) is 18.3 Å². The molecule has 2 aromatic carbocycles. The molecule has 0 radical (unpaired) electrons. The highest BCUT2D eigenvalue weighted by atomic mass is 32.2. The quantitative estimate of drug-likeness (QED) is 0.335. The van der Waals surface area contributed by atoms with Gasteiger partial charge in [-0.05, 0) is 36.4 Å². The maximum absolute atomic E-state index is 13.4. The first-order chi connectivity index (χ1) is 16.0. The first kappa shape index (κ1) is 26.0. The van der Waals surface area contributed by atoms with E-state index in [4.69, 9.17) is 10.5 Å².